The molecule has 2 aromatic rings. The summed E-state index contributed by atoms with van der Waals surface area (Å²) in [5, 5.41) is 0. The molecule has 1 aliphatic heterocycles. The van der Waals surface area contributed by atoms with Gasteiger partial charge in [0.2, 0.25) is 5.89 Å². The Kier molecular flexibility index (Phi) is 7.18. The zero-order chi connectivity index (χ0) is 21.7. The Balaban J connectivity index is 1.49. The number of hydrogen-bond acceptors (Lipinski definition) is 6. The number of nitrogens with zero attached hydrogens (tertiary/aromatic N) is 2. The molecule has 162 valence electrons. The van der Waals surface area contributed by atoms with Gasteiger partial charge in [0.15, 0.2) is 0 Å². The first-order valence-corrected chi connectivity index (χ1v) is 10.9. The van der Waals surface area contributed by atoms with Crippen molar-refractivity contribution in [2.24, 2.45) is 5.41 Å². The number of oxazole rings is 1. The quantitative estimate of drug-likeness (QED) is 0.556. The van der Waals surface area contributed by atoms with Gasteiger partial charge in [0.25, 0.3) is 0 Å². The van der Waals surface area contributed by atoms with Gasteiger partial charge in [-0.3, -0.25) is 4.79 Å². The molecule has 0 atom stereocenters. The van der Waals surface area contributed by atoms with Crippen molar-refractivity contribution in [1.29, 1.82) is 0 Å². The first-order chi connectivity index (χ1) is 14.3. The topological polar surface area (TPSA) is 81.9 Å². The molecule has 1 fully saturated rings. The third-order valence-electron chi connectivity index (χ3n) is 5.42. The smallest absolute Gasteiger partial charge is 0.409 e. The SMILES string of the molecule is CCOC(=O)C1(C)CCN(C(=O)OCCc2nc(-c3cccc(Br)c3)oc2C)CC1. The lowest BCUT2D eigenvalue weighted by Gasteiger charge is -2.36. The van der Waals surface area contributed by atoms with E-state index in [1.54, 1.807) is 11.8 Å². The maximum atomic E-state index is 12.4. The molecule has 3 rings (SSSR count). The van der Waals surface area contributed by atoms with Crippen LogP contribution in [0.5, 0.6) is 0 Å². The first kappa shape index (κ1) is 22.3. The van der Waals surface area contributed by atoms with E-state index in [9.17, 15) is 9.59 Å². The van der Waals surface area contributed by atoms with Crippen molar-refractivity contribution in [3.05, 3.63) is 40.2 Å². The molecule has 1 aliphatic rings. The van der Waals surface area contributed by atoms with Crippen LogP contribution in [-0.4, -0.2) is 48.2 Å². The summed E-state index contributed by atoms with van der Waals surface area (Å²) in [6.07, 6.45) is 1.25. The largest absolute Gasteiger partial charge is 0.466 e. The van der Waals surface area contributed by atoms with Crippen LogP contribution >= 0.6 is 15.9 Å². The fourth-order valence-electron chi connectivity index (χ4n) is 3.42. The lowest BCUT2D eigenvalue weighted by molar-refractivity contribution is -0.157. The van der Waals surface area contributed by atoms with Crippen molar-refractivity contribution in [3.63, 3.8) is 0 Å². The maximum absolute atomic E-state index is 12.4. The highest BCUT2D eigenvalue weighted by atomic mass is 79.9. The van der Waals surface area contributed by atoms with E-state index in [0.717, 1.165) is 15.7 Å². The molecule has 1 amide bonds. The average Bonchev–Trinajstić information content (AvgIpc) is 3.09. The summed E-state index contributed by atoms with van der Waals surface area (Å²) in [6.45, 7) is 7.08. The molecule has 0 spiro atoms. The molecule has 1 aromatic heterocycles. The number of ether oxygens (including phenoxy) is 2. The molecule has 1 saturated heterocycles. The van der Waals surface area contributed by atoms with Crippen LogP contribution in [0.15, 0.2) is 33.2 Å². The van der Waals surface area contributed by atoms with Crippen molar-refractivity contribution in [2.75, 3.05) is 26.3 Å². The molecule has 0 radical (unpaired) electrons. The second-order valence-corrected chi connectivity index (χ2v) is 8.58. The lowest BCUT2D eigenvalue weighted by atomic mass is 9.80. The number of rotatable bonds is 6. The summed E-state index contributed by atoms with van der Waals surface area (Å²) in [7, 11) is 0. The summed E-state index contributed by atoms with van der Waals surface area (Å²) in [5.41, 5.74) is 1.12. The number of aryl methyl sites for hydroxylation is 1. The minimum atomic E-state index is -0.534. The van der Waals surface area contributed by atoms with E-state index in [0.29, 0.717) is 50.6 Å². The Morgan fingerprint density at radius 3 is 2.67 bits per heavy atom. The molecule has 0 saturated carbocycles. The average molecular weight is 479 g/mol. The number of halogens is 1. The van der Waals surface area contributed by atoms with Gasteiger partial charge in [0.1, 0.15) is 5.76 Å². The third kappa shape index (κ3) is 5.22. The highest BCUT2D eigenvalue weighted by Gasteiger charge is 2.39. The number of hydrogen-bond donors (Lipinski definition) is 0. The molecule has 1 aromatic carbocycles. The number of carbonyl (C=O) groups excluding carboxylic acids is 2. The number of benzene rings is 1. The highest BCUT2D eigenvalue weighted by Crippen LogP contribution is 2.32. The normalized spacial score (nSPS) is 15.7. The summed E-state index contributed by atoms with van der Waals surface area (Å²) in [4.78, 5) is 30.7. The van der Waals surface area contributed by atoms with Gasteiger partial charge >= 0.3 is 12.1 Å². The number of aromatic nitrogens is 1. The van der Waals surface area contributed by atoms with Gasteiger partial charge in [0.05, 0.1) is 24.3 Å². The Morgan fingerprint density at radius 2 is 2.00 bits per heavy atom. The molecular formula is C22H27BrN2O5. The van der Waals surface area contributed by atoms with Crippen LogP contribution in [0.3, 0.4) is 0 Å². The number of esters is 1. The second-order valence-electron chi connectivity index (χ2n) is 7.66. The van der Waals surface area contributed by atoms with E-state index >= 15 is 0 Å². The fraction of sp³-hybridized carbons (Fsp3) is 0.500. The molecule has 0 aliphatic carbocycles. The molecule has 0 bridgehead atoms. The first-order valence-electron chi connectivity index (χ1n) is 10.1. The van der Waals surface area contributed by atoms with Crippen LogP contribution in [0, 0.1) is 12.3 Å². The Morgan fingerprint density at radius 1 is 1.27 bits per heavy atom. The summed E-state index contributed by atoms with van der Waals surface area (Å²) < 4.78 is 17.3. The number of amides is 1. The molecule has 0 unspecified atom stereocenters. The number of likely N-dealkylation sites (tertiary alicyclic amines) is 1. The van der Waals surface area contributed by atoms with E-state index in [4.69, 9.17) is 13.9 Å². The summed E-state index contributed by atoms with van der Waals surface area (Å²) in [5.74, 6) is 1.06. The zero-order valence-electron chi connectivity index (χ0n) is 17.6. The van der Waals surface area contributed by atoms with Gasteiger partial charge in [0, 0.05) is 29.5 Å². The van der Waals surface area contributed by atoms with Crippen LogP contribution in [-0.2, 0) is 20.7 Å². The van der Waals surface area contributed by atoms with Crippen molar-refractivity contribution >= 4 is 28.0 Å². The third-order valence-corrected chi connectivity index (χ3v) is 5.92. The van der Waals surface area contributed by atoms with E-state index in [-0.39, 0.29) is 18.7 Å². The van der Waals surface area contributed by atoms with Crippen molar-refractivity contribution in [2.45, 2.75) is 40.0 Å². The van der Waals surface area contributed by atoms with Gasteiger partial charge in [-0.15, -0.1) is 0 Å². The Hall–Kier alpha value is -2.35. The van der Waals surface area contributed by atoms with Gasteiger partial charge in [-0.1, -0.05) is 22.0 Å². The molecule has 30 heavy (non-hydrogen) atoms. The Labute approximate surface area is 184 Å². The van der Waals surface area contributed by atoms with Gasteiger partial charge < -0.3 is 18.8 Å². The van der Waals surface area contributed by atoms with Crippen LogP contribution in [0.4, 0.5) is 4.79 Å². The van der Waals surface area contributed by atoms with Gasteiger partial charge in [-0.05, 0) is 51.8 Å². The van der Waals surface area contributed by atoms with Gasteiger partial charge in [-0.25, -0.2) is 9.78 Å². The number of piperidine rings is 1. The molecule has 0 N–H and O–H groups in total. The Bertz CT molecular complexity index is 903. The highest BCUT2D eigenvalue weighted by molar-refractivity contribution is 9.10. The van der Waals surface area contributed by atoms with Crippen molar-refractivity contribution in [1.82, 2.24) is 9.88 Å². The predicted molar refractivity (Wildman–Crippen MR) is 115 cm³/mol. The molecule has 2 heterocycles. The summed E-state index contributed by atoms with van der Waals surface area (Å²) in [6, 6.07) is 7.73. The van der Waals surface area contributed by atoms with Gasteiger partial charge in [-0.2, -0.15) is 0 Å². The standard InChI is InChI=1S/C22H27BrN2O5/c1-4-28-20(26)22(3)9-11-25(12-10-22)21(27)29-13-8-18-15(2)30-19(24-18)16-6-5-7-17(23)14-16/h5-7,14H,4,8-13H2,1-3H3. The van der Waals surface area contributed by atoms with E-state index in [1.165, 1.54) is 0 Å². The van der Waals surface area contributed by atoms with Crippen LogP contribution in [0.1, 0.15) is 38.1 Å². The van der Waals surface area contributed by atoms with Crippen LogP contribution in [0.2, 0.25) is 0 Å². The van der Waals surface area contributed by atoms with E-state index in [1.807, 2.05) is 38.1 Å². The zero-order valence-corrected chi connectivity index (χ0v) is 19.2. The minimum Gasteiger partial charge on any atom is -0.466 e. The predicted octanol–water partition coefficient (Wildman–Crippen LogP) is 4.76. The minimum absolute atomic E-state index is 0.194. The molecule has 8 heteroatoms. The maximum Gasteiger partial charge on any atom is 0.409 e. The fourth-order valence-corrected chi connectivity index (χ4v) is 3.82. The van der Waals surface area contributed by atoms with Crippen LogP contribution < -0.4 is 0 Å². The second kappa shape index (κ2) is 9.64. The summed E-state index contributed by atoms with van der Waals surface area (Å²) >= 11 is 3.45. The van der Waals surface area contributed by atoms with Crippen molar-refractivity contribution < 1.29 is 23.5 Å². The van der Waals surface area contributed by atoms with Crippen LogP contribution in [0.25, 0.3) is 11.5 Å². The van der Waals surface area contributed by atoms with Crippen molar-refractivity contribution in [3.8, 4) is 11.5 Å². The van der Waals surface area contributed by atoms with E-state index < -0.39 is 5.41 Å². The number of carbonyl (C=O) groups is 2. The van der Waals surface area contributed by atoms with E-state index in [2.05, 4.69) is 20.9 Å². The monoisotopic (exact) mass is 478 g/mol. The molecular weight excluding hydrogens is 452 g/mol. The lowest BCUT2D eigenvalue weighted by Crippen LogP contribution is -2.46. The molecule has 7 nitrogen and oxygen atoms in total.